The van der Waals surface area contributed by atoms with Crippen molar-refractivity contribution in [2.75, 3.05) is 32.8 Å². The average Bonchev–Trinajstić information content (AvgIpc) is 2.43. The Morgan fingerprint density at radius 2 is 1.57 bits per heavy atom. The molecule has 1 rings (SSSR count). The van der Waals surface area contributed by atoms with Crippen molar-refractivity contribution in [2.45, 2.75) is 13.8 Å². The number of carbonyl (C=O) groups excluding carboxylic acids is 3. The van der Waals surface area contributed by atoms with E-state index in [1.54, 1.807) is 4.90 Å². The molecule has 0 aromatic carbocycles. The molecule has 8 nitrogen and oxygen atoms in total. The first-order valence-electron chi connectivity index (χ1n) is 6.43. The van der Waals surface area contributed by atoms with Crippen molar-refractivity contribution in [1.29, 1.82) is 0 Å². The molecule has 1 saturated heterocycles. The molecule has 0 aromatic rings. The number of aliphatic carboxylic acids is 1. The van der Waals surface area contributed by atoms with E-state index < -0.39 is 18.5 Å². The van der Waals surface area contributed by atoms with Gasteiger partial charge in [-0.15, -0.1) is 0 Å². The molecular weight excluding hydrogens is 280 g/mol. The van der Waals surface area contributed by atoms with E-state index in [1.165, 1.54) is 18.7 Å². The highest BCUT2D eigenvalue weighted by Gasteiger charge is 2.23. The molecule has 21 heavy (non-hydrogen) atoms. The smallest absolute Gasteiger partial charge is 0.334 e. The highest BCUT2D eigenvalue weighted by atomic mass is 16.5. The summed E-state index contributed by atoms with van der Waals surface area (Å²) in [4.78, 5) is 47.9. The number of carboxylic acid groups (broad SMARTS) is 1. The largest absolute Gasteiger partial charge is 0.478 e. The van der Waals surface area contributed by atoms with Gasteiger partial charge in [-0.2, -0.15) is 0 Å². The third-order valence-electron chi connectivity index (χ3n) is 3.07. The maximum absolute atomic E-state index is 11.8. The first-order chi connectivity index (χ1) is 9.81. The van der Waals surface area contributed by atoms with Crippen LogP contribution in [0.2, 0.25) is 0 Å². The number of esters is 1. The number of ether oxygens (including phenoxy) is 1. The number of carbonyl (C=O) groups is 4. The lowest BCUT2D eigenvalue weighted by Gasteiger charge is -2.34. The Bertz CT molecular complexity index is 477. The normalized spacial score (nSPS) is 15.6. The molecule has 0 bridgehead atoms. The topological polar surface area (TPSA) is 104 Å². The van der Waals surface area contributed by atoms with E-state index in [0.29, 0.717) is 26.2 Å². The fraction of sp³-hybridized carbons (Fsp3) is 0.538. The van der Waals surface area contributed by atoms with Gasteiger partial charge in [0.05, 0.1) is 0 Å². The van der Waals surface area contributed by atoms with Gasteiger partial charge >= 0.3 is 11.9 Å². The van der Waals surface area contributed by atoms with Crippen LogP contribution >= 0.6 is 0 Å². The fourth-order valence-electron chi connectivity index (χ4n) is 1.85. The van der Waals surface area contributed by atoms with Crippen LogP contribution in [0.15, 0.2) is 11.6 Å². The molecule has 8 heteroatoms. The number of hydrogen-bond acceptors (Lipinski definition) is 5. The average molecular weight is 298 g/mol. The summed E-state index contributed by atoms with van der Waals surface area (Å²) >= 11 is 0. The predicted molar refractivity (Wildman–Crippen MR) is 71.2 cm³/mol. The van der Waals surface area contributed by atoms with Crippen LogP contribution in [-0.2, 0) is 23.9 Å². The molecule has 1 N–H and O–H groups in total. The summed E-state index contributed by atoms with van der Waals surface area (Å²) in [6, 6.07) is 0. The second-order valence-electron chi connectivity index (χ2n) is 4.63. The van der Waals surface area contributed by atoms with Crippen molar-refractivity contribution in [3.05, 3.63) is 11.6 Å². The lowest BCUT2D eigenvalue weighted by molar-refractivity contribution is -0.150. The molecule has 1 aliphatic rings. The maximum Gasteiger partial charge on any atom is 0.334 e. The Labute approximate surface area is 121 Å². The van der Waals surface area contributed by atoms with Crippen molar-refractivity contribution in [3.8, 4) is 0 Å². The zero-order chi connectivity index (χ0) is 16.0. The number of hydrogen-bond donors (Lipinski definition) is 1. The Morgan fingerprint density at radius 3 is 2.05 bits per heavy atom. The minimum atomic E-state index is -1.25. The van der Waals surface area contributed by atoms with Gasteiger partial charge in [-0.25, -0.2) is 9.59 Å². The second kappa shape index (κ2) is 7.41. The van der Waals surface area contributed by atoms with E-state index in [4.69, 9.17) is 9.84 Å². The highest BCUT2D eigenvalue weighted by molar-refractivity contribution is 5.96. The van der Waals surface area contributed by atoms with E-state index in [-0.39, 0.29) is 17.4 Å². The SMILES string of the molecule is CC(=O)N1CCN(C(=O)COC(=O)C(C)=CC(=O)O)CC1. The predicted octanol–water partition coefficient (Wildman–Crippen LogP) is -0.749. The lowest BCUT2D eigenvalue weighted by Crippen LogP contribution is -2.51. The van der Waals surface area contributed by atoms with Crippen LogP contribution in [0.25, 0.3) is 0 Å². The lowest BCUT2D eigenvalue weighted by atomic mass is 10.3. The third-order valence-corrected chi connectivity index (χ3v) is 3.07. The molecular formula is C13H18N2O6. The van der Waals surface area contributed by atoms with Crippen LogP contribution in [0, 0.1) is 0 Å². The number of amides is 2. The van der Waals surface area contributed by atoms with Crippen molar-refractivity contribution in [1.82, 2.24) is 9.80 Å². The standard InChI is InChI=1S/C13H18N2O6/c1-9(7-12(18)19)13(20)21-8-11(17)15-5-3-14(4-6-15)10(2)16/h7H,3-6,8H2,1-2H3,(H,18,19). The van der Waals surface area contributed by atoms with Gasteiger partial charge in [-0.3, -0.25) is 9.59 Å². The van der Waals surface area contributed by atoms with Crippen LogP contribution < -0.4 is 0 Å². The minimum absolute atomic E-state index is 0.0389. The van der Waals surface area contributed by atoms with Crippen molar-refractivity contribution in [3.63, 3.8) is 0 Å². The highest BCUT2D eigenvalue weighted by Crippen LogP contribution is 2.04. The molecule has 1 aliphatic heterocycles. The van der Waals surface area contributed by atoms with Crippen molar-refractivity contribution >= 4 is 23.8 Å². The van der Waals surface area contributed by atoms with Crippen molar-refractivity contribution in [2.24, 2.45) is 0 Å². The first kappa shape index (κ1) is 16.7. The monoisotopic (exact) mass is 298 g/mol. The van der Waals surface area contributed by atoms with Crippen LogP contribution in [0.3, 0.4) is 0 Å². The van der Waals surface area contributed by atoms with Gasteiger partial charge < -0.3 is 19.6 Å². The molecule has 0 unspecified atom stereocenters. The van der Waals surface area contributed by atoms with Gasteiger partial charge in [0.1, 0.15) is 0 Å². The quantitative estimate of drug-likeness (QED) is 0.541. The van der Waals surface area contributed by atoms with E-state index in [1.807, 2.05) is 0 Å². The van der Waals surface area contributed by atoms with Gasteiger partial charge in [0.15, 0.2) is 6.61 Å². The van der Waals surface area contributed by atoms with E-state index >= 15 is 0 Å². The Morgan fingerprint density at radius 1 is 1.05 bits per heavy atom. The zero-order valence-corrected chi connectivity index (χ0v) is 12.0. The van der Waals surface area contributed by atoms with Gasteiger partial charge in [-0.05, 0) is 6.92 Å². The molecule has 1 heterocycles. The molecule has 116 valence electrons. The van der Waals surface area contributed by atoms with Crippen LogP contribution in [0.1, 0.15) is 13.8 Å². The summed E-state index contributed by atoms with van der Waals surface area (Å²) in [5, 5.41) is 8.49. The minimum Gasteiger partial charge on any atom is -0.478 e. The van der Waals surface area contributed by atoms with Crippen LogP contribution in [0.5, 0.6) is 0 Å². The molecule has 0 atom stereocenters. The summed E-state index contributed by atoms with van der Waals surface area (Å²) in [6.07, 6.45) is 0.721. The Hall–Kier alpha value is -2.38. The Kier molecular flexibility index (Phi) is 5.89. The van der Waals surface area contributed by atoms with Gasteiger partial charge in [0, 0.05) is 44.8 Å². The van der Waals surface area contributed by atoms with Gasteiger partial charge in [0.25, 0.3) is 5.91 Å². The number of carboxylic acids is 1. The maximum atomic E-state index is 11.8. The summed E-state index contributed by atoms with van der Waals surface area (Å²) in [6.45, 7) is 4.01. The molecule has 0 spiro atoms. The summed E-state index contributed by atoms with van der Waals surface area (Å²) < 4.78 is 4.75. The molecule has 0 aromatic heterocycles. The zero-order valence-electron chi connectivity index (χ0n) is 12.0. The Balaban J connectivity index is 2.40. The van der Waals surface area contributed by atoms with Crippen LogP contribution in [-0.4, -0.2) is 71.4 Å². The summed E-state index contributed by atoms with van der Waals surface area (Å²) in [7, 11) is 0. The van der Waals surface area contributed by atoms with Gasteiger partial charge in [-0.1, -0.05) is 0 Å². The number of nitrogens with zero attached hydrogens (tertiary/aromatic N) is 2. The summed E-state index contributed by atoms with van der Waals surface area (Å²) in [5.74, 6) is -2.50. The van der Waals surface area contributed by atoms with Gasteiger partial charge in [0.2, 0.25) is 5.91 Å². The number of rotatable bonds is 4. The molecule has 0 aliphatic carbocycles. The number of piperazine rings is 1. The summed E-state index contributed by atoms with van der Waals surface area (Å²) in [5.41, 5.74) is -0.0864. The van der Waals surface area contributed by atoms with Crippen LogP contribution in [0.4, 0.5) is 0 Å². The second-order valence-corrected chi connectivity index (χ2v) is 4.63. The molecule has 2 amide bonds. The van der Waals surface area contributed by atoms with E-state index in [2.05, 4.69) is 0 Å². The van der Waals surface area contributed by atoms with E-state index in [9.17, 15) is 19.2 Å². The van der Waals surface area contributed by atoms with E-state index in [0.717, 1.165) is 6.08 Å². The van der Waals surface area contributed by atoms with Crippen molar-refractivity contribution < 1.29 is 29.0 Å². The third kappa shape index (κ3) is 5.25. The molecule has 0 saturated carbocycles. The first-order valence-corrected chi connectivity index (χ1v) is 6.43. The molecule has 1 fully saturated rings. The fourth-order valence-corrected chi connectivity index (χ4v) is 1.85. The molecule has 0 radical (unpaired) electrons.